The van der Waals surface area contributed by atoms with E-state index < -0.39 is 4.92 Å². The molecule has 0 atom stereocenters. The number of ketones is 1. The molecule has 1 aliphatic heterocycles. The van der Waals surface area contributed by atoms with E-state index in [4.69, 9.17) is 9.47 Å². The van der Waals surface area contributed by atoms with E-state index in [0.717, 1.165) is 0 Å². The molecule has 0 saturated heterocycles. The van der Waals surface area contributed by atoms with Crippen molar-refractivity contribution in [3.63, 3.8) is 0 Å². The van der Waals surface area contributed by atoms with Crippen molar-refractivity contribution < 1.29 is 19.2 Å². The molecule has 1 heterocycles. The highest BCUT2D eigenvalue weighted by molar-refractivity contribution is 5.99. The highest BCUT2D eigenvalue weighted by atomic mass is 16.7. The van der Waals surface area contributed by atoms with Gasteiger partial charge in [-0.2, -0.15) is 0 Å². The van der Waals surface area contributed by atoms with Gasteiger partial charge in [0.1, 0.15) is 0 Å². The maximum Gasteiger partial charge on any atom is 0.284 e. The second-order valence-electron chi connectivity index (χ2n) is 3.04. The number of hydrogen-bond acceptors (Lipinski definition) is 5. The summed E-state index contributed by atoms with van der Waals surface area (Å²) in [5.41, 5.74) is -0.226. The second-order valence-corrected chi connectivity index (χ2v) is 3.04. The number of carbonyl (C=O) groups excluding carboxylic acids is 1. The van der Waals surface area contributed by atoms with E-state index in [2.05, 4.69) is 0 Å². The molecule has 0 aliphatic carbocycles. The number of Topliss-reactive ketones (excluding diaryl/α,β-unsaturated/α-hetero) is 1. The third kappa shape index (κ3) is 1.50. The Labute approximate surface area is 84.6 Å². The largest absolute Gasteiger partial charge is 0.454 e. The fourth-order valence-corrected chi connectivity index (χ4v) is 1.36. The highest BCUT2D eigenvalue weighted by Gasteiger charge is 2.25. The standard InChI is InChI=1S/C9H7NO5/c1-5(11)6-2-8-9(15-4-14-8)3-7(6)10(12)13/h2-3H,4H2,1H3. The zero-order valence-electron chi connectivity index (χ0n) is 7.85. The summed E-state index contributed by atoms with van der Waals surface area (Å²) in [6, 6.07) is 2.54. The molecule has 0 aromatic heterocycles. The average molecular weight is 209 g/mol. The first-order chi connectivity index (χ1) is 7.09. The molecule has 15 heavy (non-hydrogen) atoms. The minimum absolute atomic E-state index is 0.0217. The van der Waals surface area contributed by atoms with Gasteiger partial charge < -0.3 is 9.47 Å². The number of rotatable bonds is 2. The number of ether oxygens (including phenoxy) is 2. The molecule has 6 nitrogen and oxygen atoms in total. The van der Waals surface area contributed by atoms with Crippen molar-refractivity contribution in [2.75, 3.05) is 6.79 Å². The van der Waals surface area contributed by atoms with Crippen LogP contribution in [0.15, 0.2) is 12.1 Å². The number of nitro groups is 1. The van der Waals surface area contributed by atoms with Gasteiger partial charge in [-0.25, -0.2) is 0 Å². The number of hydrogen-bond donors (Lipinski definition) is 0. The predicted octanol–water partition coefficient (Wildman–Crippen LogP) is 1.53. The lowest BCUT2D eigenvalue weighted by Gasteiger charge is -2.00. The Morgan fingerprint density at radius 1 is 1.40 bits per heavy atom. The molecular formula is C9H7NO5. The van der Waals surface area contributed by atoms with Gasteiger partial charge in [0, 0.05) is 6.07 Å². The smallest absolute Gasteiger partial charge is 0.284 e. The summed E-state index contributed by atoms with van der Waals surface area (Å²) in [5, 5.41) is 10.7. The van der Waals surface area contributed by atoms with E-state index in [9.17, 15) is 14.9 Å². The van der Waals surface area contributed by atoms with Gasteiger partial charge in [0.15, 0.2) is 17.3 Å². The van der Waals surface area contributed by atoms with E-state index in [1.54, 1.807) is 0 Å². The highest BCUT2D eigenvalue weighted by Crippen LogP contribution is 2.37. The van der Waals surface area contributed by atoms with Gasteiger partial charge in [-0.05, 0) is 6.92 Å². The fourth-order valence-electron chi connectivity index (χ4n) is 1.36. The van der Waals surface area contributed by atoms with Crippen molar-refractivity contribution in [1.82, 2.24) is 0 Å². The first-order valence-corrected chi connectivity index (χ1v) is 4.18. The van der Waals surface area contributed by atoms with Crippen molar-refractivity contribution in [3.05, 3.63) is 27.8 Å². The molecule has 1 aromatic rings. The molecule has 0 fully saturated rings. The van der Waals surface area contributed by atoms with Crippen LogP contribution in [-0.2, 0) is 0 Å². The lowest BCUT2D eigenvalue weighted by Crippen LogP contribution is -1.99. The molecule has 0 N–H and O–H groups in total. The summed E-state index contributed by atoms with van der Waals surface area (Å²) in [6.45, 7) is 1.29. The van der Waals surface area contributed by atoms with Crippen LogP contribution in [-0.4, -0.2) is 17.5 Å². The Bertz CT molecular complexity index is 413. The summed E-state index contributed by atoms with van der Waals surface area (Å²) in [7, 11) is 0. The zero-order valence-corrected chi connectivity index (χ0v) is 7.85. The van der Waals surface area contributed by atoms with Crippen molar-refractivity contribution in [2.45, 2.75) is 6.92 Å². The lowest BCUT2D eigenvalue weighted by atomic mass is 10.1. The molecular weight excluding hydrogens is 202 g/mol. The Balaban J connectivity index is 2.62. The first-order valence-electron chi connectivity index (χ1n) is 4.18. The number of nitro benzene ring substituents is 1. The van der Waals surface area contributed by atoms with Gasteiger partial charge in [0.25, 0.3) is 5.69 Å². The van der Waals surface area contributed by atoms with Gasteiger partial charge in [0.2, 0.25) is 6.79 Å². The van der Waals surface area contributed by atoms with E-state index in [-0.39, 0.29) is 23.8 Å². The van der Waals surface area contributed by atoms with E-state index in [1.165, 1.54) is 19.1 Å². The Morgan fingerprint density at radius 3 is 2.53 bits per heavy atom. The molecule has 0 amide bonds. The van der Waals surface area contributed by atoms with Crippen LogP contribution >= 0.6 is 0 Å². The topological polar surface area (TPSA) is 78.7 Å². The zero-order chi connectivity index (χ0) is 11.0. The maximum absolute atomic E-state index is 11.2. The summed E-state index contributed by atoms with van der Waals surface area (Å²) in [6.07, 6.45) is 0. The molecule has 0 spiro atoms. The number of carbonyl (C=O) groups is 1. The van der Waals surface area contributed by atoms with Crippen LogP contribution < -0.4 is 9.47 Å². The lowest BCUT2D eigenvalue weighted by molar-refractivity contribution is -0.385. The minimum atomic E-state index is -0.612. The van der Waals surface area contributed by atoms with Crippen LogP contribution in [0.2, 0.25) is 0 Å². The van der Waals surface area contributed by atoms with E-state index in [1.807, 2.05) is 0 Å². The molecule has 1 aromatic carbocycles. The van der Waals surface area contributed by atoms with Crippen molar-refractivity contribution in [3.8, 4) is 11.5 Å². The molecule has 0 saturated carbocycles. The SMILES string of the molecule is CC(=O)c1cc2c(cc1[N+](=O)[O-])OCO2. The molecule has 6 heteroatoms. The molecule has 0 unspecified atom stereocenters. The quantitative estimate of drug-likeness (QED) is 0.419. The Morgan fingerprint density at radius 2 is 2.00 bits per heavy atom. The first kappa shape index (κ1) is 9.45. The Hall–Kier alpha value is -2.11. The van der Waals surface area contributed by atoms with E-state index >= 15 is 0 Å². The monoisotopic (exact) mass is 209 g/mol. The molecule has 2 rings (SSSR count). The molecule has 0 bridgehead atoms. The summed E-state index contributed by atoms with van der Waals surface area (Å²) >= 11 is 0. The normalized spacial score (nSPS) is 12.6. The maximum atomic E-state index is 11.2. The van der Waals surface area contributed by atoms with Crippen molar-refractivity contribution >= 4 is 11.5 Å². The summed E-state index contributed by atoms with van der Waals surface area (Å²) in [5.74, 6) is 0.289. The van der Waals surface area contributed by atoms with Crippen molar-refractivity contribution in [2.24, 2.45) is 0 Å². The summed E-state index contributed by atoms with van der Waals surface area (Å²) < 4.78 is 10.0. The van der Waals surface area contributed by atoms with Crippen LogP contribution in [0.25, 0.3) is 0 Å². The van der Waals surface area contributed by atoms with Crippen LogP contribution in [0.4, 0.5) is 5.69 Å². The second kappa shape index (κ2) is 3.23. The number of nitrogens with zero attached hydrogens (tertiary/aromatic N) is 1. The van der Waals surface area contributed by atoms with Crippen LogP contribution in [0.1, 0.15) is 17.3 Å². The number of benzene rings is 1. The van der Waals surface area contributed by atoms with Gasteiger partial charge in [-0.3, -0.25) is 14.9 Å². The molecule has 0 radical (unpaired) electrons. The molecule has 78 valence electrons. The third-order valence-electron chi connectivity index (χ3n) is 2.07. The number of fused-ring (bicyclic) bond motifs is 1. The van der Waals surface area contributed by atoms with Gasteiger partial charge in [0.05, 0.1) is 16.6 Å². The minimum Gasteiger partial charge on any atom is -0.454 e. The van der Waals surface area contributed by atoms with Crippen molar-refractivity contribution in [1.29, 1.82) is 0 Å². The summed E-state index contributed by atoms with van der Waals surface area (Å²) in [4.78, 5) is 21.2. The predicted molar refractivity (Wildman–Crippen MR) is 49.2 cm³/mol. The molecule has 1 aliphatic rings. The van der Waals surface area contributed by atoms with Gasteiger partial charge >= 0.3 is 0 Å². The van der Waals surface area contributed by atoms with Crippen LogP contribution in [0, 0.1) is 10.1 Å². The van der Waals surface area contributed by atoms with E-state index in [0.29, 0.717) is 11.5 Å². The van der Waals surface area contributed by atoms with Crippen LogP contribution in [0.5, 0.6) is 11.5 Å². The third-order valence-corrected chi connectivity index (χ3v) is 2.07. The average Bonchev–Trinajstić information content (AvgIpc) is 2.61. The van der Waals surface area contributed by atoms with Gasteiger partial charge in [-0.1, -0.05) is 0 Å². The fraction of sp³-hybridized carbons (Fsp3) is 0.222. The Kier molecular flexibility index (Phi) is 2.03. The van der Waals surface area contributed by atoms with Gasteiger partial charge in [-0.15, -0.1) is 0 Å². The van der Waals surface area contributed by atoms with Crippen LogP contribution in [0.3, 0.4) is 0 Å².